The molecule has 2 aromatic rings. The molecule has 1 amide bonds. The number of hydrogen-bond acceptors (Lipinski definition) is 3. The summed E-state index contributed by atoms with van der Waals surface area (Å²) in [6, 6.07) is 5.78. The van der Waals surface area contributed by atoms with Gasteiger partial charge in [-0.1, -0.05) is 31.4 Å². The first-order chi connectivity index (χ1) is 9.75. The van der Waals surface area contributed by atoms with Crippen LogP contribution in [0, 0.1) is 5.41 Å². The van der Waals surface area contributed by atoms with Crippen molar-refractivity contribution >= 4 is 22.5 Å². The first-order valence-electron chi connectivity index (χ1n) is 7.19. The van der Waals surface area contributed by atoms with Crippen LogP contribution in [0.1, 0.15) is 32.1 Å². The second-order valence-electron chi connectivity index (χ2n) is 5.64. The highest BCUT2D eigenvalue weighted by atomic mass is 16.2. The number of carbonyl (C=O) groups excluding carboxylic acids is 1. The van der Waals surface area contributed by atoms with E-state index in [1.54, 1.807) is 6.20 Å². The van der Waals surface area contributed by atoms with Crippen molar-refractivity contribution in [2.24, 2.45) is 11.1 Å². The van der Waals surface area contributed by atoms with Crippen LogP contribution in [0.25, 0.3) is 10.9 Å². The molecule has 1 heterocycles. The highest BCUT2D eigenvalue weighted by molar-refractivity contribution is 6.02. The van der Waals surface area contributed by atoms with Gasteiger partial charge in [0.05, 0.1) is 22.8 Å². The van der Waals surface area contributed by atoms with E-state index in [1.807, 2.05) is 18.2 Å². The molecule has 5 nitrogen and oxygen atoms in total. The van der Waals surface area contributed by atoms with Crippen molar-refractivity contribution in [3.63, 3.8) is 0 Å². The summed E-state index contributed by atoms with van der Waals surface area (Å²) in [4.78, 5) is 12.7. The highest BCUT2D eigenvalue weighted by Crippen LogP contribution is 2.36. The molecule has 0 spiro atoms. The van der Waals surface area contributed by atoms with Gasteiger partial charge in [0.15, 0.2) is 0 Å². The number of aromatic amines is 1. The zero-order chi connectivity index (χ0) is 14.0. The summed E-state index contributed by atoms with van der Waals surface area (Å²) < 4.78 is 0. The summed E-state index contributed by atoms with van der Waals surface area (Å²) in [6.07, 6.45) is 6.88. The Kier molecular flexibility index (Phi) is 3.44. The van der Waals surface area contributed by atoms with Gasteiger partial charge in [-0.3, -0.25) is 9.89 Å². The predicted octanol–water partition coefficient (Wildman–Crippen LogP) is 2.41. The van der Waals surface area contributed by atoms with E-state index in [0.717, 1.165) is 42.3 Å². The normalized spacial score (nSPS) is 18.1. The lowest BCUT2D eigenvalue weighted by molar-refractivity contribution is -0.126. The summed E-state index contributed by atoms with van der Waals surface area (Å²) in [5.41, 5.74) is 7.15. The van der Waals surface area contributed by atoms with E-state index in [1.165, 1.54) is 6.42 Å². The molecule has 20 heavy (non-hydrogen) atoms. The van der Waals surface area contributed by atoms with Gasteiger partial charge in [0.1, 0.15) is 0 Å². The van der Waals surface area contributed by atoms with Gasteiger partial charge in [-0.2, -0.15) is 5.10 Å². The van der Waals surface area contributed by atoms with Gasteiger partial charge in [-0.15, -0.1) is 0 Å². The minimum absolute atomic E-state index is 0.0433. The molecule has 1 aromatic heterocycles. The first-order valence-corrected chi connectivity index (χ1v) is 7.19. The van der Waals surface area contributed by atoms with Crippen LogP contribution in [0.5, 0.6) is 0 Å². The number of rotatable bonds is 3. The molecule has 106 valence electrons. The Morgan fingerprint density at radius 1 is 1.35 bits per heavy atom. The largest absolute Gasteiger partial charge is 0.329 e. The summed E-state index contributed by atoms with van der Waals surface area (Å²) in [5.74, 6) is 0.0433. The number of benzene rings is 1. The lowest BCUT2D eigenvalue weighted by Gasteiger charge is -2.34. The third-order valence-electron chi connectivity index (χ3n) is 4.41. The van der Waals surface area contributed by atoms with Gasteiger partial charge >= 0.3 is 0 Å². The van der Waals surface area contributed by atoms with Crippen LogP contribution in [0.4, 0.5) is 5.69 Å². The standard InChI is InChI=1S/C15H20N4O/c16-10-15(7-2-1-3-8-15)14(20)18-12-6-4-5-11-9-17-19-13(11)12/h4-6,9H,1-3,7-8,10,16H2,(H,17,19)(H,18,20). The molecule has 0 unspecified atom stereocenters. The number of para-hydroxylation sites is 1. The van der Waals surface area contributed by atoms with E-state index in [9.17, 15) is 4.79 Å². The summed E-state index contributed by atoms with van der Waals surface area (Å²) in [5, 5.41) is 11.0. The van der Waals surface area contributed by atoms with Crippen LogP contribution in [-0.4, -0.2) is 22.6 Å². The van der Waals surface area contributed by atoms with Crippen molar-refractivity contribution in [2.75, 3.05) is 11.9 Å². The molecule has 0 saturated heterocycles. The van der Waals surface area contributed by atoms with Gasteiger partial charge in [0, 0.05) is 11.9 Å². The van der Waals surface area contributed by atoms with Gasteiger partial charge in [-0.05, 0) is 18.9 Å². The number of carbonyl (C=O) groups is 1. The monoisotopic (exact) mass is 272 g/mol. The van der Waals surface area contributed by atoms with Gasteiger partial charge in [-0.25, -0.2) is 0 Å². The van der Waals surface area contributed by atoms with Gasteiger partial charge < -0.3 is 11.1 Å². The molecule has 1 aliphatic carbocycles. The second kappa shape index (κ2) is 5.25. The number of fused-ring (bicyclic) bond motifs is 1. The number of nitrogens with two attached hydrogens (primary N) is 1. The molecule has 1 aliphatic rings. The van der Waals surface area contributed by atoms with Crippen LogP contribution in [0.15, 0.2) is 24.4 Å². The quantitative estimate of drug-likeness (QED) is 0.802. The molecule has 0 atom stereocenters. The van der Waals surface area contributed by atoms with Gasteiger partial charge in [0.2, 0.25) is 5.91 Å². The fourth-order valence-corrected chi connectivity index (χ4v) is 3.08. The number of anilines is 1. The van der Waals surface area contributed by atoms with Crippen LogP contribution in [0.3, 0.4) is 0 Å². The maximum Gasteiger partial charge on any atom is 0.231 e. The maximum absolute atomic E-state index is 12.7. The van der Waals surface area contributed by atoms with E-state index in [4.69, 9.17) is 5.73 Å². The van der Waals surface area contributed by atoms with E-state index in [2.05, 4.69) is 15.5 Å². The van der Waals surface area contributed by atoms with Crippen molar-refractivity contribution in [1.29, 1.82) is 0 Å². The molecular weight excluding hydrogens is 252 g/mol. The van der Waals surface area contributed by atoms with Crippen molar-refractivity contribution in [3.05, 3.63) is 24.4 Å². The van der Waals surface area contributed by atoms with Crippen molar-refractivity contribution in [1.82, 2.24) is 10.2 Å². The molecule has 0 radical (unpaired) electrons. The Morgan fingerprint density at radius 2 is 2.15 bits per heavy atom. The van der Waals surface area contributed by atoms with E-state index in [0.29, 0.717) is 6.54 Å². The number of aromatic nitrogens is 2. The fourth-order valence-electron chi connectivity index (χ4n) is 3.08. The summed E-state index contributed by atoms with van der Waals surface area (Å²) in [6.45, 7) is 0.414. The lowest BCUT2D eigenvalue weighted by Crippen LogP contribution is -2.43. The predicted molar refractivity (Wildman–Crippen MR) is 79.3 cm³/mol. The zero-order valence-electron chi connectivity index (χ0n) is 11.5. The summed E-state index contributed by atoms with van der Waals surface area (Å²) >= 11 is 0. The SMILES string of the molecule is NCC1(C(=O)Nc2cccc3cn[nH]c23)CCCCC1. The Morgan fingerprint density at radius 3 is 2.90 bits per heavy atom. The molecule has 4 N–H and O–H groups in total. The Bertz CT molecular complexity index is 613. The number of nitrogens with zero attached hydrogens (tertiary/aromatic N) is 1. The third kappa shape index (κ3) is 2.18. The van der Waals surface area contributed by atoms with Crippen LogP contribution >= 0.6 is 0 Å². The van der Waals surface area contributed by atoms with E-state index >= 15 is 0 Å². The Hall–Kier alpha value is -1.88. The maximum atomic E-state index is 12.7. The molecule has 0 bridgehead atoms. The first kappa shape index (κ1) is 13.1. The molecule has 3 rings (SSSR count). The topological polar surface area (TPSA) is 83.8 Å². The molecule has 5 heteroatoms. The molecule has 1 fully saturated rings. The number of H-pyrrole nitrogens is 1. The van der Waals surface area contributed by atoms with E-state index in [-0.39, 0.29) is 5.91 Å². The van der Waals surface area contributed by atoms with Gasteiger partial charge in [0.25, 0.3) is 0 Å². The molecule has 1 saturated carbocycles. The Balaban J connectivity index is 1.86. The van der Waals surface area contributed by atoms with Crippen LogP contribution in [0.2, 0.25) is 0 Å². The molecule has 0 aliphatic heterocycles. The van der Waals surface area contributed by atoms with E-state index < -0.39 is 5.41 Å². The lowest BCUT2D eigenvalue weighted by atomic mass is 9.73. The Labute approximate surface area is 117 Å². The highest BCUT2D eigenvalue weighted by Gasteiger charge is 2.38. The van der Waals surface area contributed by atoms with Crippen LogP contribution < -0.4 is 11.1 Å². The number of amides is 1. The fraction of sp³-hybridized carbons (Fsp3) is 0.467. The van der Waals surface area contributed by atoms with Crippen molar-refractivity contribution < 1.29 is 4.79 Å². The summed E-state index contributed by atoms with van der Waals surface area (Å²) in [7, 11) is 0. The second-order valence-corrected chi connectivity index (χ2v) is 5.64. The van der Waals surface area contributed by atoms with Crippen molar-refractivity contribution in [3.8, 4) is 0 Å². The molecular formula is C15H20N4O. The van der Waals surface area contributed by atoms with Crippen molar-refractivity contribution in [2.45, 2.75) is 32.1 Å². The zero-order valence-corrected chi connectivity index (χ0v) is 11.5. The number of hydrogen-bond donors (Lipinski definition) is 3. The molecule has 1 aromatic carbocycles. The number of nitrogens with one attached hydrogen (secondary N) is 2. The smallest absolute Gasteiger partial charge is 0.231 e. The minimum Gasteiger partial charge on any atom is -0.329 e. The minimum atomic E-state index is -0.402. The average molecular weight is 272 g/mol. The third-order valence-corrected chi connectivity index (χ3v) is 4.41. The average Bonchev–Trinajstić information content (AvgIpc) is 2.97. The van der Waals surface area contributed by atoms with Crippen LogP contribution in [-0.2, 0) is 4.79 Å².